The lowest BCUT2D eigenvalue weighted by Gasteiger charge is -2.18. The van der Waals surface area contributed by atoms with Crippen molar-refractivity contribution in [3.8, 4) is 0 Å². The molecule has 0 radical (unpaired) electrons. The Morgan fingerprint density at radius 3 is 3.10 bits per heavy atom. The minimum atomic E-state index is 0.0796. The lowest BCUT2D eigenvalue weighted by molar-refractivity contribution is 0.339. The highest BCUT2D eigenvalue weighted by molar-refractivity contribution is 8.17. The number of hydrogen-bond donors (Lipinski definition) is 1. The van der Waals surface area contributed by atoms with Gasteiger partial charge in [0.1, 0.15) is 0 Å². The van der Waals surface area contributed by atoms with E-state index in [1.807, 2.05) is 0 Å². The van der Waals surface area contributed by atoms with Crippen LogP contribution in [0.3, 0.4) is 0 Å². The summed E-state index contributed by atoms with van der Waals surface area (Å²) in [6.07, 6.45) is 0. The van der Waals surface area contributed by atoms with Gasteiger partial charge >= 0.3 is 0 Å². The number of benzene rings is 1. The molecule has 0 atom stereocenters. The molecule has 1 N–H and O–H groups in total. The number of thiophene rings is 1. The van der Waals surface area contributed by atoms with E-state index in [0.29, 0.717) is 0 Å². The highest BCUT2D eigenvalue weighted by Gasteiger charge is 2.33. The lowest BCUT2D eigenvalue weighted by atomic mass is 10.0. The smallest absolute Gasteiger partial charge is 0.168 e. The van der Waals surface area contributed by atoms with Gasteiger partial charge in [-0.3, -0.25) is 4.99 Å². The molecule has 0 spiro atoms. The van der Waals surface area contributed by atoms with Crippen molar-refractivity contribution in [1.82, 2.24) is 4.90 Å². The zero-order valence-electron chi connectivity index (χ0n) is 11.1. The van der Waals surface area contributed by atoms with E-state index in [1.165, 1.54) is 21.2 Å². The fourth-order valence-electron chi connectivity index (χ4n) is 2.82. The van der Waals surface area contributed by atoms with Gasteiger partial charge in [-0.25, -0.2) is 0 Å². The third-order valence-electron chi connectivity index (χ3n) is 3.78. The van der Waals surface area contributed by atoms with Gasteiger partial charge in [0.15, 0.2) is 5.17 Å². The Morgan fingerprint density at radius 2 is 2.25 bits per heavy atom. The van der Waals surface area contributed by atoms with E-state index in [0.717, 1.165) is 28.9 Å². The number of aliphatic hydroxyl groups is 1. The number of rotatable bonds is 2. The third kappa shape index (κ3) is 1.67. The van der Waals surface area contributed by atoms with Gasteiger partial charge in [-0.1, -0.05) is 23.9 Å². The predicted molar refractivity (Wildman–Crippen MR) is 87.2 cm³/mol. The number of nitrogens with zero attached hydrogens (tertiary/aromatic N) is 2. The first kappa shape index (κ1) is 12.4. The van der Waals surface area contributed by atoms with Gasteiger partial charge in [0.2, 0.25) is 0 Å². The molecule has 0 aliphatic carbocycles. The maximum absolute atomic E-state index is 9.67. The third-order valence-corrected chi connectivity index (χ3v) is 5.83. The molecule has 5 heteroatoms. The summed E-state index contributed by atoms with van der Waals surface area (Å²) in [5.74, 6) is 0. The second-order valence-electron chi connectivity index (χ2n) is 4.94. The van der Waals surface area contributed by atoms with Crippen LogP contribution in [0.2, 0.25) is 0 Å². The van der Waals surface area contributed by atoms with E-state index < -0.39 is 0 Å². The van der Waals surface area contributed by atoms with E-state index in [1.54, 1.807) is 23.1 Å². The van der Waals surface area contributed by atoms with Gasteiger partial charge < -0.3 is 10.0 Å². The van der Waals surface area contributed by atoms with Gasteiger partial charge in [-0.15, -0.1) is 11.3 Å². The molecule has 3 nitrogen and oxygen atoms in total. The van der Waals surface area contributed by atoms with Crippen molar-refractivity contribution >= 4 is 44.0 Å². The SMILES string of the molecule is Cc1ccc(C2=C(CO)SC3=NCCN32)c2sccc12. The van der Waals surface area contributed by atoms with Gasteiger partial charge in [0.05, 0.1) is 18.8 Å². The molecule has 0 saturated heterocycles. The van der Waals surface area contributed by atoms with Gasteiger partial charge in [-0.05, 0) is 29.3 Å². The van der Waals surface area contributed by atoms with Gasteiger partial charge in [0.25, 0.3) is 0 Å². The first-order valence-corrected chi connectivity index (χ1v) is 8.30. The summed E-state index contributed by atoms with van der Waals surface area (Å²) >= 11 is 3.38. The van der Waals surface area contributed by atoms with Crippen molar-refractivity contribution in [2.45, 2.75) is 6.92 Å². The van der Waals surface area contributed by atoms with Crippen LogP contribution in [-0.4, -0.2) is 34.9 Å². The Kier molecular flexibility index (Phi) is 2.87. The Hall–Kier alpha value is -1.30. The van der Waals surface area contributed by atoms with Crippen LogP contribution in [0, 0.1) is 6.92 Å². The number of amidine groups is 1. The van der Waals surface area contributed by atoms with Crippen molar-refractivity contribution in [3.05, 3.63) is 39.6 Å². The molecule has 0 fully saturated rings. The largest absolute Gasteiger partial charge is 0.391 e. The van der Waals surface area contributed by atoms with Crippen molar-refractivity contribution in [2.24, 2.45) is 4.99 Å². The van der Waals surface area contributed by atoms with Crippen LogP contribution in [0.4, 0.5) is 0 Å². The summed E-state index contributed by atoms with van der Waals surface area (Å²) < 4.78 is 1.31. The van der Waals surface area contributed by atoms with Crippen LogP contribution in [0.25, 0.3) is 15.8 Å². The standard InChI is InChI=1S/C15H14N2OS2/c1-9-2-3-11(14-10(9)4-7-19-14)13-12(8-18)20-15-16-5-6-17(13)15/h2-4,7,18H,5-6,8H2,1H3. The second kappa shape index (κ2) is 4.62. The van der Waals surface area contributed by atoms with Crippen molar-refractivity contribution in [1.29, 1.82) is 0 Å². The number of fused-ring (bicyclic) bond motifs is 2. The summed E-state index contributed by atoms with van der Waals surface area (Å²) in [4.78, 5) is 7.78. The van der Waals surface area contributed by atoms with Crippen molar-refractivity contribution < 1.29 is 5.11 Å². The fourth-order valence-corrected chi connectivity index (χ4v) is 4.86. The molecule has 2 aliphatic heterocycles. The van der Waals surface area contributed by atoms with Crippen LogP contribution >= 0.6 is 23.1 Å². The Bertz CT molecular complexity index is 760. The quantitative estimate of drug-likeness (QED) is 0.924. The molecule has 1 aromatic carbocycles. The fraction of sp³-hybridized carbons (Fsp3) is 0.267. The number of aryl methyl sites for hydroxylation is 1. The van der Waals surface area contributed by atoms with Crippen LogP contribution in [0.5, 0.6) is 0 Å². The maximum atomic E-state index is 9.67. The monoisotopic (exact) mass is 302 g/mol. The van der Waals surface area contributed by atoms with Crippen LogP contribution in [-0.2, 0) is 0 Å². The molecule has 1 aromatic heterocycles. The summed E-state index contributed by atoms with van der Waals surface area (Å²) in [6.45, 7) is 3.99. The molecule has 2 aliphatic rings. The Balaban J connectivity index is 1.96. The van der Waals surface area contributed by atoms with Gasteiger partial charge in [-0.2, -0.15) is 0 Å². The highest BCUT2D eigenvalue weighted by Crippen LogP contribution is 2.44. The average Bonchev–Trinajstić information content (AvgIpc) is 3.14. The van der Waals surface area contributed by atoms with Crippen molar-refractivity contribution in [3.63, 3.8) is 0 Å². The molecule has 4 rings (SSSR count). The summed E-state index contributed by atoms with van der Waals surface area (Å²) in [6, 6.07) is 6.53. The van der Waals surface area contributed by atoms with Crippen LogP contribution < -0.4 is 0 Å². The molecule has 0 amide bonds. The molecule has 20 heavy (non-hydrogen) atoms. The Labute approximate surface area is 125 Å². The average molecular weight is 302 g/mol. The van der Waals surface area contributed by atoms with Crippen LogP contribution in [0.15, 0.2) is 33.5 Å². The predicted octanol–water partition coefficient (Wildman–Crippen LogP) is 3.29. The minimum Gasteiger partial charge on any atom is -0.391 e. The van der Waals surface area contributed by atoms with E-state index >= 15 is 0 Å². The highest BCUT2D eigenvalue weighted by atomic mass is 32.2. The number of thioether (sulfide) groups is 1. The molecule has 0 bridgehead atoms. The zero-order valence-corrected chi connectivity index (χ0v) is 12.7. The molecule has 0 unspecified atom stereocenters. The number of aliphatic hydroxyl groups excluding tert-OH is 1. The lowest BCUT2D eigenvalue weighted by Crippen LogP contribution is -2.20. The molecule has 2 aromatic rings. The number of aliphatic imine (C=N–C) groups is 1. The first-order valence-electron chi connectivity index (χ1n) is 6.60. The Morgan fingerprint density at radius 1 is 1.35 bits per heavy atom. The van der Waals surface area contributed by atoms with E-state index in [2.05, 4.69) is 40.4 Å². The molecule has 3 heterocycles. The first-order chi connectivity index (χ1) is 9.79. The van der Waals surface area contributed by atoms with E-state index in [9.17, 15) is 5.11 Å². The van der Waals surface area contributed by atoms with Crippen LogP contribution in [0.1, 0.15) is 11.1 Å². The van der Waals surface area contributed by atoms with E-state index in [-0.39, 0.29) is 6.61 Å². The topological polar surface area (TPSA) is 35.8 Å². The second-order valence-corrected chi connectivity index (χ2v) is 6.92. The minimum absolute atomic E-state index is 0.0796. The zero-order chi connectivity index (χ0) is 13.7. The maximum Gasteiger partial charge on any atom is 0.168 e. The summed E-state index contributed by atoms with van der Waals surface area (Å²) in [5.41, 5.74) is 3.68. The molecular weight excluding hydrogens is 288 g/mol. The molecular formula is C15H14N2OS2. The molecule has 0 saturated carbocycles. The van der Waals surface area contributed by atoms with Crippen molar-refractivity contribution in [2.75, 3.05) is 19.7 Å². The normalized spacial score (nSPS) is 18.1. The summed E-state index contributed by atoms with van der Waals surface area (Å²) in [7, 11) is 0. The van der Waals surface area contributed by atoms with Gasteiger partial charge in [0, 0.05) is 21.7 Å². The molecule has 102 valence electrons. The van der Waals surface area contributed by atoms with E-state index in [4.69, 9.17) is 0 Å². The number of hydrogen-bond acceptors (Lipinski definition) is 5. The summed E-state index contributed by atoms with van der Waals surface area (Å²) in [5, 5.41) is 14.2.